The van der Waals surface area contributed by atoms with Gasteiger partial charge in [-0.05, 0) is 58.2 Å². The maximum Gasteiger partial charge on any atom is 0.223 e. The van der Waals surface area contributed by atoms with Crippen molar-refractivity contribution in [3.63, 3.8) is 0 Å². The number of nitrogens with one attached hydrogen (secondary N) is 1. The summed E-state index contributed by atoms with van der Waals surface area (Å²) in [5.74, 6) is 1.18. The second kappa shape index (κ2) is 7.99. The molecule has 3 unspecified atom stereocenters. The quantitative estimate of drug-likeness (QED) is 0.807. The van der Waals surface area contributed by atoms with Crippen LogP contribution in [0.5, 0.6) is 0 Å². The fourth-order valence-corrected chi connectivity index (χ4v) is 3.79. The molecule has 0 aromatic rings. The summed E-state index contributed by atoms with van der Waals surface area (Å²) in [6.07, 6.45) is 9.44. The van der Waals surface area contributed by atoms with Crippen molar-refractivity contribution in [2.45, 2.75) is 57.4 Å². The van der Waals surface area contributed by atoms with Crippen molar-refractivity contribution in [1.29, 1.82) is 0 Å². The first-order valence-corrected chi connectivity index (χ1v) is 8.38. The summed E-state index contributed by atoms with van der Waals surface area (Å²) in [5, 5.41) is 3.20. The van der Waals surface area contributed by atoms with Crippen molar-refractivity contribution in [1.82, 2.24) is 10.2 Å². The SMILES string of the molecule is CN1CCCCC1CNC(=O)C1CCCC(CCN)C1. The third-order valence-electron chi connectivity index (χ3n) is 5.16. The Hall–Kier alpha value is -0.610. The van der Waals surface area contributed by atoms with Gasteiger partial charge < -0.3 is 16.0 Å². The molecule has 116 valence electrons. The number of amides is 1. The number of carbonyl (C=O) groups is 1. The summed E-state index contributed by atoms with van der Waals surface area (Å²) >= 11 is 0. The average Bonchev–Trinajstić information content (AvgIpc) is 2.47. The van der Waals surface area contributed by atoms with Gasteiger partial charge in [0.15, 0.2) is 0 Å². The third-order valence-corrected chi connectivity index (χ3v) is 5.16. The Morgan fingerprint density at radius 3 is 2.85 bits per heavy atom. The Balaban J connectivity index is 1.73. The molecule has 0 aromatic heterocycles. The molecule has 0 spiro atoms. The fraction of sp³-hybridized carbons (Fsp3) is 0.938. The van der Waals surface area contributed by atoms with Crippen LogP contribution in [0.4, 0.5) is 0 Å². The lowest BCUT2D eigenvalue weighted by Gasteiger charge is -2.33. The molecule has 1 aliphatic carbocycles. The van der Waals surface area contributed by atoms with Gasteiger partial charge in [-0.15, -0.1) is 0 Å². The number of carbonyl (C=O) groups excluding carboxylic acids is 1. The standard InChI is InChI=1S/C16H31N3O/c1-19-10-3-2-7-15(19)12-18-16(20)14-6-4-5-13(11-14)8-9-17/h13-15H,2-12,17H2,1H3,(H,18,20). The Labute approximate surface area is 123 Å². The molecule has 2 fully saturated rings. The first-order valence-electron chi connectivity index (χ1n) is 8.38. The van der Waals surface area contributed by atoms with E-state index in [2.05, 4.69) is 17.3 Å². The number of hydrogen-bond donors (Lipinski definition) is 2. The highest BCUT2D eigenvalue weighted by atomic mass is 16.1. The monoisotopic (exact) mass is 281 g/mol. The fourth-order valence-electron chi connectivity index (χ4n) is 3.79. The van der Waals surface area contributed by atoms with E-state index in [4.69, 9.17) is 5.73 Å². The van der Waals surface area contributed by atoms with E-state index in [0.717, 1.165) is 32.4 Å². The molecule has 3 atom stereocenters. The minimum absolute atomic E-state index is 0.231. The Kier molecular flexibility index (Phi) is 6.30. The van der Waals surface area contributed by atoms with E-state index in [-0.39, 0.29) is 11.8 Å². The molecule has 1 amide bonds. The molecule has 0 bridgehead atoms. The molecule has 0 aromatic carbocycles. The lowest BCUT2D eigenvalue weighted by molar-refractivity contribution is -0.126. The second-order valence-corrected chi connectivity index (χ2v) is 6.68. The normalized spacial score (nSPS) is 32.0. The maximum absolute atomic E-state index is 12.3. The van der Waals surface area contributed by atoms with Gasteiger partial charge in [0.05, 0.1) is 0 Å². The van der Waals surface area contributed by atoms with Gasteiger partial charge in [0.25, 0.3) is 0 Å². The molecular weight excluding hydrogens is 250 g/mol. The van der Waals surface area contributed by atoms with Crippen LogP contribution in [-0.4, -0.2) is 43.5 Å². The first-order chi connectivity index (χ1) is 9.70. The van der Waals surface area contributed by atoms with Gasteiger partial charge in [-0.1, -0.05) is 19.3 Å². The van der Waals surface area contributed by atoms with Gasteiger partial charge in [0.2, 0.25) is 5.91 Å². The topological polar surface area (TPSA) is 58.4 Å². The molecule has 1 aliphatic heterocycles. The van der Waals surface area contributed by atoms with Crippen LogP contribution in [0.25, 0.3) is 0 Å². The second-order valence-electron chi connectivity index (χ2n) is 6.68. The molecule has 1 saturated carbocycles. The molecule has 1 saturated heterocycles. The van der Waals surface area contributed by atoms with Crippen LogP contribution < -0.4 is 11.1 Å². The molecule has 3 N–H and O–H groups in total. The van der Waals surface area contributed by atoms with Crippen molar-refractivity contribution >= 4 is 5.91 Å². The van der Waals surface area contributed by atoms with Gasteiger partial charge in [-0.3, -0.25) is 4.79 Å². The summed E-state index contributed by atoms with van der Waals surface area (Å²) in [7, 11) is 2.17. The number of piperidine rings is 1. The average molecular weight is 281 g/mol. The van der Waals surface area contributed by atoms with Gasteiger partial charge in [0.1, 0.15) is 0 Å². The number of nitrogens with two attached hydrogens (primary N) is 1. The zero-order valence-electron chi connectivity index (χ0n) is 12.9. The van der Waals surface area contributed by atoms with Gasteiger partial charge >= 0.3 is 0 Å². The number of likely N-dealkylation sites (tertiary alicyclic amines) is 1. The van der Waals surface area contributed by atoms with E-state index in [1.54, 1.807) is 0 Å². The van der Waals surface area contributed by atoms with E-state index >= 15 is 0 Å². The Morgan fingerprint density at radius 1 is 1.25 bits per heavy atom. The molecule has 4 heteroatoms. The number of likely N-dealkylation sites (N-methyl/N-ethyl adjacent to an activating group) is 1. The lowest BCUT2D eigenvalue weighted by Crippen LogP contribution is -2.46. The van der Waals surface area contributed by atoms with Crippen molar-refractivity contribution < 1.29 is 4.79 Å². The van der Waals surface area contributed by atoms with E-state index < -0.39 is 0 Å². The number of nitrogens with zero attached hydrogens (tertiary/aromatic N) is 1. The third kappa shape index (κ3) is 4.45. The van der Waals surface area contributed by atoms with Crippen molar-refractivity contribution in [2.24, 2.45) is 17.6 Å². The highest BCUT2D eigenvalue weighted by molar-refractivity contribution is 5.78. The Bertz CT molecular complexity index is 306. The zero-order valence-corrected chi connectivity index (χ0v) is 12.9. The predicted molar refractivity (Wildman–Crippen MR) is 82.4 cm³/mol. The molecular formula is C16H31N3O. The van der Waals surface area contributed by atoms with Crippen LogP contribution in [0.1, 0.15) is 51.4 Å². The minimum Gasteiger partial charge on any atom is -0.354 e. The van der Waals surface area contributed by atoms with Gasteiger partial charge in [-0.25, -0.2) is 0 Å². The maximum atomic E-state index is 12.3. The van der Waals surface area contributed by atoms with Gasteiger partial charge in [-0.2, -0.15) is 0 Å². The summed E-state index contributed by atoms with van der Waals surface area (Å²) in [5.41, 5.74) is 5.65. The van der Waals surface area contributed by atoms with E-state index in [1.807, 2.05) is 0 Å². The predicted octanol–water partition coefficient (Wildman–Crippen LogP) is 1.74. The van der Waals surface area contributed by atoms with Crippen LogP contribution in [0.15, 0.2) is 0 Å². The number of rotatable bonds is 5. The zero-order chi connectivity index (χ0) is 14.4. The van der Waals surface area contributed by atoms with E-state index in [9.17, 15) is 4.79 Å². The smallest absolute Gasteiger partial charge is 0.223 e. The highest BCUT2D eigenvalue weighted by Crippen LogP contribution is 2.31. The molecule has 2 rings (SSSR count). The van der Waals surface area contributed by atoms with Crippen molar-refractivity contribution in [3.05, 3.63) is 0 Å². The first kappa shape index (κ1) is 15.8. The molecule has 2 aliphatic rings. The molecule has 1 heterocycles. The molecule has 20 heavy (non-hydrogen) atoms. The summed E-state index contributed by atoms with van der Waals surface area (Å²) in [4.78, 5) is 14.7. The lowest BCUT2D eigenvalue weighted by atomic mass is 9.79. The summed E-state index contributed by atoms with van der Waals surface area (Å²) in [6.45, 7) is 2.75. The number of hydrogen-bond acceptors (Lipinski definition) is 3. The molecule has 4 nitrogen and oxygen atoms in total. The van der Waals surface area contributed by atoms with E-state index in [1.165, 1.54) is 38.6 Å². The van der Waals surface area contributed by atoms with Crippen molar-refractivity contribution in [2.75, 3.05) is 26.7 Å². The van der Waals surface area contributed by atoms with Crippen LogP contribution in [0.2, 0.25) is 0 Å². The Morgan fingerprint density at radius 2 is 2.10 bits per heavy atom. The van der Waals surface area contributed by atoms with Crippen molar-refractivity contribution in [3.8, 4) is 0 Å². The summed E-state index contributed by atoms with van der Waals surface area (Å²) < 4.78 is 0. The van der Waals surface area contributed by atoms with E-state index in [0.29, 0.717) is 12.0 Å². The largest absolute Gasteiger partial charge is 0.354 e. The van der Waals surface area contributed by atoms with Crippen LogP contribution in [0.3, 0.4) is 0 Å². The van der Waals surface area contributed by atoms with Crippen LogP contribution >= 0.6 is 0 Å². The molecule has 0 radical (unpaired) electrons. The van der Waals surface area contributed by atoms with Gasteiger partial charge in [0, 0.05) is 18.5 Å². The summed E-state index contributed by atoms with van der Waals surface area (Å²) in [6, 6.07) is 0.538. The minimum atomic E-state index is 0.231. The van der Waals surface area contributed by atoms with Crippen LogP contribution in [-0.2, 0) is 4.79 Å². The van der Waals surface area contributed by atoms with Crippen LogP contribution in [0, 0.1) is 11.8 Å². The highest BCUT2D eigenvalue weighted by Gasteiger charge is 2.27.